The molecule has 0 radical (unpaired) electrons. The van der Waals surface area contributed by atoms with E-state index in [1.165, 1.54) is 0 Å². The summed E-state index contributed by atoms with van der Waals surface area (Å²) in [4.78, 5) is 9.74. The SMILES string of the molecule is Oc1c(C=N[C@H]2CCCC[C@@H]2N=Cc2cccc(-c3ccccc3)c2O)cccc1-c1ccccc1. The van der Waals surface area contributed by atoms with Crippen molar-refractivity contribution < 1.29 is 10.2 Å². The minimum Gasteiger partial charge on any atom is -0.507 e. The molecule has 4 aromatic rings. The summed E-state index contributed by atoms with van der Waals surface area (Å²) in [6.07, 6.45) is 7.69. The summed E-state index contributed by atoms with van der Waals surface area (Å²) >= 11 is 0. The van der Waals surface area contributed by atoms with Gasteiger partial charge < -0.3 is 10.2 Å². The van der Waals surface area contributed by atoms with E-state index in [0.717, 1.165) is 47.9 Å². The largest absolute Gasteiger partial charge is 0.507 e. The Bertz CT molecular complexity index is 1260. The van der Waals surface area contributed by atoms with Gasteiger partial charge in [-0.2, -0.15) is 0 Å². The van der Waals surface area contributed by atoms with Gasteiger partial charge in [0.05, 0.1) is 12.1 Å². The summed E-state index contributed by atoms with van der Waals surface area (Å²) < 4.78 is 0. The molecule has 4 nitrogen and oxygen atoms in total. The topological polar surface area (TPSA) is 65.2 Å². The van der Waals surface area contributed by atoms with Crippen LogP contribution >= 0.6 is 0 Å². The third-order valence-electron chi connectivity index (χ3n) is 6.81. The highest BCUT2D eigenvalue weighted by Crippen LogP contribution is 2.33. The van der Waals surface area contributed by atoms with Gasteiger partial charge in [-0.3, -0.25) is 9.98 Å². The van der Waals surface area contributed by atoms with Gasteiger partial charge in [0, 0.05) is 34.7 Å². The van der Waals surface area contributed by atoms with Gasteiger partial charge >= 0.3 is 0 Å². The lowest BCUT2D eigenvalue weighted by Gasteiger charge is -2.25. The molecule has 0 amide bonds. The van der Waals surface area contributed by atoms with E-state index in [1.807, 2.05) is 97.1 Å². The first-order valence-corrected chi connectivity index (χ1v) is 12.5. The number of hydrogen-bond donors (Lipinski definition) is 2. The molecule has 2 N–H and O–H groups in total. The van der Waals surface area contributed by atoms with Crippen molar-refractivity contribution >= 4 is 12.4 Å². The number of rotatable bonds is 6. The van der Waals surface area contributed by atoms with Crippen LogP contribution in [0.25, 0.3) is 22.3 Å². The van der Waals surface area contributed by atoms with E-state index >= 15 is 0 Å². The van der Waals surface area contributed by atoms with E-state index in [0.29, 0.717) is 11.1 Å². The molecule has 5 rings (SSSR count). The zero-order valence-corrected chi connectivity index (χ0v) is 20.2. The Hall–Kier alpha value is -4.18. The maximum absolute atomic E-state index is 10.9. The summed E-state index contributed by atoms with van der Waals surface area (Å²) in [5.41, 5.74) is 4.96. The molecule has 0 aromatic heterocycles. The molecular formula is C32H30N2O2. The van der Waals surface area contributed by atoms with E-state index < -0.39 is 0 Å². The third-order valence-corrected chi connectivity index (χ3v) is 6.81. The number of aliphatic imine (C=N–C) groups is 2. The lowest BCUT2D eigenvalue weighted by atomic mass is 9.91. The molecule has 36 heavy (non-hydrogen) atoms. The van der Waals surface area contributed by atoms with Crippen molar-refractivity contribution in [3.63, 3.8) is 0 Å². The summed E-state index contributed by atoms with van der Waals surface area (Å²) in [5.74, 6) is 0.483. The summed E-state index contributed by atoms with van der Waals surface area (Å²) in [7, 11) is 0. The standard InChI is InChI=1S/C32H30N2O2/c35-31-25(15-9-17-27(31)23-11-3-1-4-12-23)21-33-29-19-7-8-20-30(29)34-22-26-16-10-18-28(32(26)36)24-13-5-2-6-14-24/h1-6,9-18,21-22,29-30,35-36H,7-8,19-20H2/t29-,30-/m0/s1. The van der Waals surface area contributed by atoms with E-state index in [2.05, 4.69) is 0 Å². The predicted molar refractivity (Wildman–Crippen MR) is 148 cm³/mol. The fraction of sp³-hybridized carbons (Fsp3) is 0.188. The van der Waals surface area contributed by atoms with Crippen molar-refractivity contribution in [2.45, 2.75) is 37.8 Å². The normalized spacial score (nSPS) is 18.1. The quantitative estimate of drug-likeness (QED) is 0.288. The molecule has 0 saturated heterocycles. The van der Waals surface area contributed by atoms with Crippen LogP contribution in [-0.4, -0.2) is 34.7 Å². The Balaban J connectivity index is 1.36. The van der Waals surface area contributed by atoms with Crippen molar-refractivity contribution in [2.24, 2.45) is 9.98 Å². The monoisotopic (exact) mass is 474 g/mol. The number of phenols is 2. The van der Waals surface area contributed by atoms with Gasteiger partial charge in [-0.25, -0.2) is 0 Å². The molecule has 0 unspecified atom stereocenters. The van der Waals surface area contributed by atoms with E-state index in [1.54, 1.807) is 12.4 Å². The van der Waals surface area contributed by atoms with Gasteiger partial charge in [-0.1, -0.05) is 97.8 Å². The van der Waals surface area contributed by atoms with Crippen LogP contribution < -0.4 is 0 Å². The van der Waals surface area contributed by atoms with Gasteiger partial charge in [-0.05, 0) is 36.1 Å². The van der Waals surface area contributed by atoms with Crippen LogP contribution in [0.3, 0.4) is 0 Å². The van der Waals surface area contributed by atoms with Gasteiger partial charge in [0.2, 0.25) is 0 Å². The van der Waals surface area contributed by atoms with Gasteiger partial charge in [-0.15, -0.1) is 0 Å². The minimum absolute atomic E-state index is 0.0363. The highest BCUT2D eigenvalue weighted by atomic mass is 16.3. The first-order valence-electron chi connectivity index (χ1n) is 12.5. The maximum Gasteiger partial charge on any atom is 0.132 e. The number of nitrogens with zero attached hydrogens (tertiary/aromatic N) is 2. The van der Waals surface area contributed by atoms with Crippen molar-refractivity contribution in [2.75, 3.05) is 0 Å². The summed E-state index contributed by atoms with van der Waals surface area (Å²) in [6.45, 7) is 0. The number of benzene rings is 4. The van der Waals surface area contributed by atoms with E-state index in [-0.39, 0.29) is 23.6 Å². The first kappa shape index (κ1) is 23.6. The van der Waals surface area contributed by atoms with Gasteiger partial charge in [0.15, 0.2) is 0 Å². The Morgan fingerprint density at radius 1 is 0.528 bits per heavy atom. The Kier molecular flexibility index (Phi) is 7.23. The van der Waals surface area contributed by atoms with E-state index in [4.69, 9.17) is 9.98 Å². The highest BCUT2D eigenvalue weighted by Gasteiger charge is 2.23. The van der Waals surface area contributed by atoms with Crippen LogP contribution in [0.4, 0.5) is 0 Å². The average Bonchev–Trinajstić information content (AvgIpc) is 2.93. The van der Waals surface area contributed by atoms with Crippen LogP contribution in [-0.2, 0) is 0 Å². The second-order valence-corrected chi connectivity index (χ2v) is 9.19. The molecule has 180 valence electrons. The molecule has 4 aromatic carbocycles. The highest BCUT2D eigenvalue weighted by molar-refractivity contribution is 5.89. The molecule has 1 fully saturated rings. The van der Waals surface area contributed by atoms with Gasteiger partial charge in [0.25, 0.3) is 0 Å². The third kappa shape index (κ3) is 5.23. The molecule has 0 spiro atoms. The fourth-order valence-corrected chi connectivity index (χ4v) is 4.82. The molecule has 0 bridgehead atoms. The number of aromatic hydroxyl groups is 2. The Labute approximate surface area is 212 Å². The summed E-state index contributed by atoms with van der Waals surface area (Å²) in [5, 5.41) is 21.8. The lowest BCUT2D eigenvalue weighted by molar-refractivity contribution is 0.390. The van der Waals surface area contributed by atoms with Crippen LogP contribution in [0.1, 0.15) is 36.8 Å². The Morgan fingerprint density at radius 3 is 1.36 bits per heavy atom. The number of hydrogen-bond acceptors (Lipinski definition) is 4. The molecule has 0 aliphatic heterocycles. The van der Waals surface area contributed by atoms with Crippen molar-refractivity contribution in [1.29, 1.82) is 0 Å². The van der Waals surface area contributed by atoms with Crippen molar-refractivity contribution in [3.8, 4) is 33.8 Å². The maximum atomic E-state index is 10.9. The molecule has 2 atom stereocenters. The second kappa shape index (κ2) is 11.0. The molecule has 1 aliphatic rings. The zero-order valence-electron chi connectivity index (χ0n) is 20.2. The predicted octanol–water partition coefficient (Wildman–Crippen LogP) is 7.28. The van der Waals surface area contributed by atoms with E-state index in [9.17, 15) is 10.2 Å². The Morgan fingerprint density at radius 2 is 0.944 bits per heavy atom. The van der Waals surface area contributed by atoms with Crippen LogP contribution in [0, 0.1) is 0 Å². The minimum atomic E-state index is 0.0363. The number of phenolic OH excluding ortho intramolecular Hbond substituents is 2. The van der Waals surface area contributed by atoms with Crippen LogP contribution in [0.5, 0.6) is 11.5 Å². The summed E-state index contributed by atoms with van der Waals surface area (Å²) in [6, 6.07) is 31.3. The molecule has 0 heterocycles. The van der Waals surface area contributed by atoms with Gasteiger partial charge in [0.1, 0.15) is 11.5 Å². The fourth-order valence-electron chi connectivity index (χ4n) is 4.82. The molecule has 1 aliphatic carbocycles. The molecule has 4 heteroatoms. The smallest absolute Gasteiger partial charge is 0.132 e. The van der Waals surface area contributed by atoms with Crippen LogP contribution in [0.15, 0.2) is 107 Å². The number of para-hydroxylation sites is 2. The van der Waals surface area contributed by atoms with Crippen molar-refractivity contribution in [1.82, 2.24) is 0 Å². The molecule has 1 saturated carbocycles. The van der Waals surface area contributed by atoms with Crippen molar-refractivity contribution in [3.05, 3.63) is 108 Å². The first-order chi connectivity index (χ1) is 17.7. The average molecular weight is 475 g/mol. The van der Waals surface area contributed by atoms with Crippen LogP contribution in [0.2, 0.25) is 0 Å². The zero-order chi connectivity index (χ0) is 24.7. The second-order valence-electron chi connectivity index (χ2n) is 9.19. The lowest BCUT2D eigenvalue weighted by Crippen LogP contribution is -2.27. The molecular weight excluding hydrogens is 444 g/mol.